The summed E-state index contributed by atoms with van der Waals surface area (Å²) >= 11 is 0. The Morgan fingerprint density at radius 2 is 2.26 bits per heavy atom. The maximum absolute atomic E-state index is 11.1. The van der Waals surface area contributed by atoms with Gasteiger partial charge in [-0.1, -0.05) is 18.2 Å². The molecule has 0 saturated heterocycles. The molecule has 0 aliphatic heterocycles. The third kappa shape index (κ3) is 4.13. The zero-order valence-electron chi connectivity index (χ0n) is 13.2. The molecule has 120 valence electrons. The number of aryl methyl sites for hydroxylation is 1. The average molecular weight is 313 g/mol. The fourth-order valence-electron chi connectivity index (χ4n) is 2.47. The summed E-state index contributed by atoms with van der Waals surface area (Å²) in [6.07, 6.45) is 5.57. The molecule has 5 heteroatoms. The van der Waals surface area contributed by atoms with Crippen LogP contribution in [0.1, 0.15) is 30.4 Å². The van der Waals surface area contributed by atoms with Crippen LogP contribution < -0.4 is 4.74 Å². The summed E-state index contributed by atoms with van der Waals surface area (Å²) < 4.78 is 10.2. The summed E-state index contributed by atoms with van der Waals surface area (Å²) in [7, 11) is 1.37. The van der Waals surface area contributed by atoms with Crippen LogP contribution in [-0.2, 0) is 9.53 Å². The Balaban J connectivity index is 2.26. The Kier molecular flexibility index (Phi) is 5.42. The van der Waals surface area contributed by atoms with Gasteiger partial charge in [-0.3, -0.25) is 0 Å². The van der Waals surface area contributed by atoms with Crippen LogP contribution in [0.3, 0.4) is 0 Å². The highest BCUT2D eigenvalue weighted by atomic mass is 16.5. The van der Waals surface area contributed by atoms with Crippen molar-refractivity contribution in [3.63, 3.8) is 0 Å². The van der Waals surface area contributed by atoms with Crippen LogP contribution in [0.15, 0.2) is 36.3 Å². The molecule has 1 aliphatic rings. The third-order valence-corrected chi connectivity index (χ3v) is 3.81. The van der Waals surface area contributed by atoms with Crippen LogP contribution in [0.25, 0.3) is 5.57 Å². The summed E-state index contributed by atoms with van der Waals surface area (Å²) in [6, 6.07) is 8.01. The minimum absolute atomic E-state index is 0.0863. The highest BCUT2D eigenvalue weighted by Crippen LogP contribution is 2.33. The standard InChI is InChI=1S/C18H19NO4/c1-12-3-6-15(14-7-4-13(10-19)5-8-14)9-16(12)23-17(11-22-2)18(20)21/h3,6-7,9,11,13H,4-5,8H2,1-2H3,(H,20,21)/b17-11-. The molecule has 0 radical (unpaired) electrons. The molecule has 1 aromatic carbocycles. The van der Waals surface area contributed by atoms with Crippen LogP contribution in [-0.4, -0.2) is 18.2 Å². The number of carbonyl (C=O) groups is 1. The minimum Gasteiger partial charge on any atom is -0.500 e. The Bertz CT molecular complexity index is 697. The quantitative estimate of drug-likeness (QED) is 0.663. The van der Waals surface area contributed by atoms with Gasteiger partial charge in [-0.05, 0) is 49.0 Å². The monoisotopic (exact) mass is 313 g/mol. The highest BCUT2D eigenvalue weighted by Gasteiger charge is 2.17. The van der Waals surface area contributed by atoms with Crippen LogP contribution in [0, 0.1) is 24.2 Å². The van der Waals surface area contributed by atoms with Crippen molar-refractivity contribution in [2.75, 3.05) is 7.11 Å². The molecule has 0 bridgehead atoms. The zero-order chi connectivity index (χ0) is 16.8. The lowest BCUT2D eigenvalue weighted by Gasteiger charge is -2.18. The van der Waals surface area contributed by atoms with Crippen molar-refractivity contribution in [2.45, 2.75) is 26.2 Å². The van der Waals surface area contributed by atoms with Gasteiger partial charge in [-0.2, -0.15) is 5.26 Å². The predicted molar refractivity (Wildman–Crippen MR) is 85.5 cm³/mol. The van der Waals surface area contributed by atoms with Gasteiger partial charge in [0.25, 0.3) is 0 Å². The zero-order valence-corrected chi connectivity index (χ0v) is 13.2. The van der Waals surface area contributed by atoms with E-state index in [0.29, 0.717) is 5.75 Å². The first-order chi connectivity index (χ1) is 11.0. The van der Waals surface area contributed by atoms with Gasteiger partial charge in [0.2, 0.25) is 5.76 Å². The number of hydrogen-bond donors (Lipinski definition) is 1. The van der Waals surface area contributed by atoms with E-state index in [1.54, 1.807) is 0 Å². The molecule has 1 N–H and O–H groups in total. The Hall–Kier alpha value is -2.74. The smallest absolute Gasteiger partial charge is 0.375 e. The van der Waals surface area contributed by atoms with Crippen molar-refractivity contribution in [3.8, 4) is 11.8 Å². The lowest BCUT2D eigenvalue weighted by Crippen LogP contribution is -2.09. The first kappa shape index (κ1) is 16.6. The van der Waals surface area contributed by atoms with Gasteiger partial charge in [0.1, 0.15) is 12.0 Å². The average Bonchev–Trinajstić information content (AvgIpc) is 2.56. The largest absolute Gasteiger partial charge is 0.500 e. The number of methoxy groups -OCH3 is 1. The molecule has 1 unspecified atom stereocenters. The van der Waals surface area contributed by atoms with Gasteiger partial charge in [-0.15, -0.1) is 0 Å². The maximum Gasteiger partial charge on any atom is 0.375 e. The number of allylic oxidation sites excluding steroid dienone is 2. The number of nitriles is 1. The van der Waals surface area contributed by atoms with Gasteiger partial charge in [0.15, 0.2) is 0 Å². The van der Waals surface area contributed by atoms with Crippen molar-refractivity contribution >= 4 is 11.5 Å². The summed E-state index contributed by atoms with van der Waals surface area (Å²) in [6.45, 7) is 1.85. The number of benzene rings is 1. The van der Waals surface area contributed by atoms with E-state index in [4.69, 9.17) is 19.8 Å². The van der Waals surface area contributed by atoms with E-state index in [-0.39, 0.29) is 11.7 Å². The number of ether oxygens (including phenoxy) is 2. The molecule has 0 heterocycles. The summed E-state index contributed by atoms with van der Waals surface area (Å²) in [4.78, 5) is 11.1. The van der Waals surface area contributed by atoms with Crippen molar-refractivity contribution in [1.29, 1.82) is 5.26 Å². The normalized spacial score (nSPS) is 17.9. The van der Waals surface area contributed by atoms with E-state index in [2.05, 4.69) is 12.1 Å². The van der Waals surface area contributed by atoms with Gasteiger partial charge in [0, 0.05) is 0 Å². The van der Waals surface area contributed by atoms with E-state index < -0.39 is 5.97 Å². The lowest BCUT2D eigenvalue weighted by molar-refractivity contribution is -0.135. The van der Waals surface area contributed by atoms with E-state index in [9.17, 15) is 4.79 Å². The van der Waals surface area contributed by atoms with Crippen LogP contribution >= 0.6 is 0 Å². The van der Waals surface area contributed by atoms with Crippen molar-refractivity contribution in [2.24, 2.45) is 5.92 Å². The van der Waals surface area contributed by atoms with Gasteiger partial charge >= 0.3 is 5.97 Å². The first-order valence-electron chi connectivity index (χ1n) is 7.39. The van der Waals surface area contributed by atoms with E-state index in [0.717, 1.165) is 42.2 Å². The minimum atomic E-state index is -1.19. The first-order valence-corrected chi connectivity index (χ1v) is 7.39. The van der Waals surface area contributed by atoms with Crippen LogP contribution in [0.5, 0.6) is 5.75 Å². The molecular weight excluding hydrogens is 294 g/mol. The molecular formula is C18H19NO4. The topological polar surface area (TPSA) is 79.5 Å². The van der Waals surface area contributed by atoms with Gasteiger partial charge < -0.3 is 14.6 Å². The molecule has 23 heavy (non-hydrogen) atoms. The number of rotatable bonds is 5. The van der Waals surface area contributed by atoms with Crippen LogP contribution in [0.4, 0.5) is 0 Å². The lowest BCUT2D eigenvalue weighted by atomic mass is 9.87. The van der Waals surface area contributed by atoms with Crippen molar-refractivity contribution in [3.05, 3.63) is 47.4 Å². The number of carboxylic acids is 1. The Labute approximate surface area is 135 Å². The van der Waals surface area contributed by atoms with E-state index in [1.807, 2.05) is 25.1 Å². The molecule has 0 saturated carbocycles. The molecule has 2 rings (SSSR count). The molecule has 1 aliphatic carbocycles. The van der Waals surface area contributed by atoms with Crippen LogP contribution in [0.2, 0.25) is 0 Å². The summed E-state index contributed by atoms with van der Waals surface area (Å²) in [5, 5.41) is 18.1. The second kappa shape index (κ2) is 7.50. The summed E-state index contributed by atoms with van der Waals surface area (Å²) in [5.74, 6) is -0.889. The molecule has 0 amide bonds. The SMILES string of the molecule is CO/C=C(\Oc1cc(C2=CCC(C#N)CC2)ccc1C)C(=O)O. The molecule has 0 spiro atoms. The van der Waals surface area contributed by atoms with E-state index in [1.165, 1.54) is 7.11 Å². The van der Waals surface area contributed by atoms with E-state index >= 15 is 0 Å². The number of nitrogens with zero attached hydrogens (tertiary/aromatic N) is 1. The van der Waals surface area contributed by atoms with Gasteiger partial charge in [-0.25, -0.2) is 4.79 Å². The van der Waals surface area contributed by atoms with Gasteiger partial charge in [0.05, 0.1) is 19.1 Å². The fraction of sp³-hybridized carbons (Fsp3) is 0.333. The van der Waals surface area contributed by atoms with Crippen molar-refractivity contribution in [1.82, 2.24) is 0 Å². The second-order valence-electron chi connectivity index (χ2n) is 5.44. The number of hydrogen-bond acceptors (Lipinski definition) is 4. The molecule has 0 aromatic heterocycles. The maximum atomic E-state index is 11.1. The fourth-order valence-corrected chi connectivity index (χ4v) is 2.47. The Morgan fingerprint density at radius 1 is 1.48 bits per heavy atom. The highest BCUT2D eigenvalue weighted by molar-refractivity contribution is 5.84. The molecule has 1 atom stereocenters. The number of aliphatic carboxylic acids is 1. The third-order valence-electron chi connectivity index (χ3n) is 3.81. The van der Waals surface area contributed by atoms with Crippen molar-refractivity contribution < 1.29 is 19.4 Å². The molecule has 1 aromatic rings. The molecule has 0 fully saturated rings. The number of carboxylic acid groups (broad SMARTS) is 1. The second-order valence-corrected chi connectivity index (χ2v) is 5.44. The predicted octanol–water partition coefficient (Wildman–Crippen LogP) is 3.65. The molecule has 5 nitrogen and oxygen atoms in total. The Morgan fingerprint density at radius 3 is 2.83 bits per heavy atom. The summed E-state index contributed by atoms with van der Waals surface area (Å²) in [5.41, 5.74) is 2.99.